The average molecular weight is 196 g/mol. The maximum absolute atomic E-state index is 5.71. The molecule has 0 aromatic heterocycles. The van der Waals surface area contributed by atoms with Crippen LogP contribution < -0.4 is 4.74 Å². The van der Waals surface area contributed by atoms with Crippen LogP contribution in [0.4, 0.5) is 0 Å². The lowest BCUT2D eigenvalue weighted by molar-refractivity contribution is 0.206. The summed E-state index contributed by atoms with van der Waals surface area (Å²) in [4.78, 5) is 0. The zero-order chi connectivity index (χ0) is 9.90. The van der Waals surface area contributed by atoms with Crippen LogP contribution in [0.3, 0.4) is 0 Å². The van der Waals surface area contributed by atoms with Crippen molar-refractivity contribution in [3.05, 3.63) is 29.8 Å². The van der Waals surface area contributed by atoms with Gasteiger partial charge in [-0.3, -0.25) is 0 Å². The lowest BCUT2D eigenvalue weighted by atomic mass is 10.2. The Morgan fingerprint density at radius 3 is 2.62 bits per heavy atom. The van der Waals surface area contributed by atoms with E-state index in [1.807, 2.05) is 26.0 Å². The largest absolute Gasteiger partial charge is 0.484 e. The van der Waals surface area contributed by atoms with Gasteiger partial charge in [0.1, 0.15) is 11.1 Å². The molecule has 1 aromatic rings. The number of hydrogen-bond acceptors (Lipinski definition) is 1. The Bertz CT molecular complexity index is 276. The predicted molar refractivity (Wildman–Crippen MR) is 60.2 cm³/mol. The molecule has 0 amide bonds. The smallest absolute Gasteiger partial charge is 0.120 e. The SMILES string of the molecule is CCc1cccc(OC(C)(C)P)c1. The average Bonchev–Trinajstić information content (AvgIpc) is 2.01. The van der Waals surface area contributed by atoms with Gasteiger partial charge < -0.3 is 4.74 Å². The van der Waals surface area contributed by atoms with Crippen LogP contribution in [0.15, 0.2) is 24.3 Å². The molecule has 0 aliphatic rings. The minimum atomic E-state index is -0.188. The maximum atomic E-state index is 5.71. The molecule has 1 atom stereocenters. The first-order valence-electron chi connectivity index (χ1n) is 4.58. The van der Waals surface area contributed by atoms with E-state index < -0.39 is 0 Å². The van der Waals surface area contributed by atoms with Crippen molar-refractivity contribution in [2.45, 2.75) is 32.5 Å². The summed E-state index contributed by atoms with van der Waals surface area (Å²) in [6.45, 7) is 6.19. The molecular formula is C11H17OP. The minimum Gasteiger partial charge on any atom is -0.484 e. The highest BCUT2D eigenvalue weighted by molar-refractivity contribution is 7.18. The Hall–Kier alpha value is -0.550. The lowest BCUT2D eigenvalue weighted by Crippen LogP contribution is -2.18. The lowest BCUT2D eigenvalue weighted by Gasteiger charge is -2.21. The highest BCUT2D eigenvalue weighted by atomic mass is 31.0. The first kappa shape index (κ1) is 10.5. The molecule has 0 saturated carbocycles. The van der Waals surface area contributed by atoms with Crippen molar-refractivity contribution >= 4 is 9.24 Å². The Balaban J connectivity index is 2.78. The molecule has 0 bridgehead atoms. The summed E-state index contributed by atoms with van der Waals surface area (Å²) in [6.07, 6.45) is 1.05. The molecular weight excluding hydrogens is 179 g/mol. The van der Waals surface area contributed by atoms with Crippen LogP contribution in [0, 0.1) is 0 Å². The number of benzene rings is 1. The fourth-order valence-corrected chi connectivity index (χ4v) is 1.27. The molecule has 0 aliphatic carbocycles. The molecule has 1 unspecified atom stereocenters. The van der Waals surface area contributed by atoms with Gasteiger partial charge in [0.2, 0.25) is 0 Å². The summed E-state index contributed by atoms with van der Waals surface area (Å²) in [7, 11) is 2.67. The van der Waals surface area contributed by atoms with E-state index in [-0.39, 0.29) is 5.34 Å². The highest BCUT2D eigenvalue weighted by Crippen LogP contribution is 2.23. The summed E-state index contributed by atoms with van der Waals surface area (Å²) in [5.74, 6) is 0.944. The van der Waals surface area contributed by atoms with Crippen molar-refractivity contribution in [3.63, 3.8) is 0 Å². The summed E-state index contributed by atoms with van der Waals surface area (Å²) in [5, 5.41) is -0.188. The van der Waals surface area contributed by atoms with E-state index in [2.05, 4.69) is 28.3 Å². The van der Waals surface area contributed by atoms with Gasteiger partial charge in [0.25, 0.3) is 0 Å². The molecule has 72 valence electrons. The monoisotopic (exact) mass is 196 g/mol. The van der Waals surface area contributed by atoms with Gasteiger partial charge in [0, 0.05) is 0 Å². The van der Waals surface area contributed by atoms with Gasteiger partial charge in [-0.25, -0.2) is 0 Å². The molecule has 0 heterocycles. The van der Waals surface area contributed by atoms with Crippen molar-refractivity contribution in [1.29, 1.82) is 0 Å². The third-order valence-corrected chi connectivity index (χ3v) is 1.81. The quantitative estimate of drug-likeness (QED) is 0.674. The molecule has 0 spiro atoms. The molecule has 0 aliphatic heterocycles. The standard InChI is InChI=1S/C11H17OP/c1-4-9-6-5-7-10(8-9)12-11(2,3)13/h5-8H,4,13H2,1-3H3. The van der Waals surface area contributed by atoms with Crippen LogP contribution in [0.5, 0.6) is 5.75 Å². The van der Waals surface area contributed by atoms with E-state index in [9.17, 15) is 0 Å². The van der Waals surface area contributed by atoms with E-state index in [0.29, 0.717) is 0 Å². The van der Waals surface area contributed by atoms with E-state index in [0.717, 1.165) is 12.2 Å². The molecule has 13 heavy (non-hydrogen) atoms. The van der Waals surface area contributed by atoms with E-state index in [1.54, 1.807) is 0 Å². The summed E-state index contributed by atoms with van der Waals surface area (Å²) in [5.41, 5.74) is 1.31. The van der Waals surface area contributed by atoms with Crippen molar-refractivity contribution in [2.24, 2.45) is 0 Å². The summed E-state index contributed by atoms with van der Waals surface area (Å²) in [6, 6.07) is 8.23. The van der Waals surface area contributed by atoms with Crippen molar-refractivity contribution < 1.29 is 4.74 Å². The van der Waals surface area contributed by atoms with Gasteiger partial charge in [-0.15, -0.1) is 0 Å². The molecule has 0 N–H and O–H groups in total. The topological polar surface area (TPSA) is 9.23 Å². The van der Waals surface area contributed by atoms with Gasteiger partial charge in [-0.05, 0) is 38.0 Å². The van der Waals surface area contributed by atoms with Crippen LogP contribution in [0.1, 0.15) is 26.3 Å². The third kappa shape index (κ3) is 3.78. The number of hydrogen-bond donors (Lipinski definition) is 0. The zero-order valence-electron chi connectivity index (χ0n) is 8.50. The van der Waals surface area contributed by atoms with Crippen LogP contribution in [0.2, 0.25) is 0 Å². The second-order valence-electron chi connectivity index (χ2n) is 3.71. The van der Waals surface area contributed by atoms with Gasteiger partial charge in [-0.1, -0.05) is 28.3 Å². The maximum Gasteiger partial charge on any atom is 0.120 e. The van der Waals surface area contributed by atoms with Crippen molar-refractivity contribution in [2.75, 3.05) is 0 Å². The molecule has 0 radical (unpaired) electrons. The molecule has 2 heteroatoms. The first-order chi connectivity index (χ1) is 6.01. The zero-order valence-corrected chi connectivity index (χ0v) is 9.66. The number of ether oxygens (including phenoxy) is 1. The fraction of sp³-hybridized carbons (Fsp3) is 0.455. The van der Waals surface area contributed by atoms with Crippen molar-refractivity contribution in [3.8, 4) is 5.75 Å². The van der Waals surface area contributed by atoms with E-state index in [4.69, 9.17) is 4.74 Å². The van der Waals surface area contributed by atoms with E-state index in [1.165, 1.54) is 5.56 Å². The minimum absolute atomic E-state index is 0.188. The fourth-order valence-electron chi connectivity index (χ4n) is 1.13. The molecule has 1 aromatic carbocycles. The van der Waals surface area contributed by atoms with Crippen LogP contribution in [-0.2, 0) is 6.42 Å². The predicted octanol–water partition coefficient (Wildman–Crippen LogP) is 3.24. The first-order valence-corrected chi connectivity index (χ1v) is 5.16. The second-order valence-corrected chi connectivity index (χ2v) is 5.10. The Kier molecular flexibility index (Phi) is 3.33. The molecule has 1 nitrogen and oxygen atoms in total. The summed E-state index contributed by atoms with van der Waals surface area (Å²) < 4.78 is 5.71. The third-order valence-electron chi connectivity index (χ3n) is 1.69. The van der Waals surface area contributed by atoms with Crippen LogP contribution in [-0.4, -0.2) is 5.34 Å². The molecule has 1 rings (SSSR count). The summed E-state index contributed by atoms with van der Waals surface area (Å²) >= 11 is 0. The van der Waals surface area contributed by atoms with Crippen LogP contribution in [0.25, 0.3) is 0 Å². The Labute approximate surface area is 82.7 Å². The van der Waals surface area contributed by atoms with Gasteiger partial charge in [0.15, 0.2) is 0 Å². The van der Waals surface area contributed by atoms with Gasteiger partial charge >= 0.3 is 0 Å². The Morgan fingerprint density at radius 2 is 2.08 bits per heavy atom. The second kappa shape index (κ2) is 4.11. The van der Waals surface area contributed by atoms with Gasteiger partial charge in [-0.2, -0.15) is 0 Å². The molecule has 0 fully saturated rings. The van der Waals surface area contributed by atoms with Crippen LogP contribution >= 0.6 is 9.24 Å². The Morgan fingerprint density at radius 1 is 1.38 bits per heavy atom. The number of rotatable bonds is 3. The highest BCUT2D eigenvalue weighted by Gasteiger charge is 2.11. The van der Waals surface area contributed by atoms with Crippen molar-refractivity contribution in [1.82, 2.24) is 0 Å². The van der Waals surface area contributed by atoms with Gasteiger partial charge in [0.05, 0.1) is 0 Å². The normalized spacial score (nSPS) is 11.4. The van der Waals surface area contributed by atoms with E-state index >= 15 is 0 Å². The molecule has 0 saturated heterocycles. The number of aryl methyl sites for hydroxylation is 1.